The van der Waals surface area contributed by atoms with Gasteiger partial charge in [0, 0.05) is 0 Å². The Balaban J connectivity index is 4.12. The molecule has 0 aliphatic carbocycles. The van der Waals surface area contributed by atoms with Crippen LogP contribution in [-0.4, -0.2) is 24.8 Å². The molecule has 3 heteroatoms. The predicted molar refractivity (Wildman–Crippen MR) is 56.1 cm³/mol. The van der Waals surface area contributed by atoms with Crippen molar-refractivity contribution in [1.29, 1.82) is 0 Å². The zero-order valence-corrected chi connectivity index (χ0v) is 9.72. The summed E-state index contributed by atoms with van der Waals surface area (Å²) in [5.41, 5.74) is 0.336. The van der Waals surface area contributed by atoms with Crippen LogP contribution in [0.3, 0.4) is 0 Å². The molecule has 0 radical (unpaired) electrons. The fourth-order valence-corrected chi connectivity index (χ4v) is 0.778. The molecule has 0 aromatic carbocycles. The minimum absolute atomic E-state index is 0.235. The molecular weight excluding hydrogens is 180 g/mol. The lowest BCUT2D eigenvalue weighted by Crippen LogP contribution is -2.23. The Morgan fingerprint density at radius 3 is 2.29 bits per heavy atom. The minimum Gasteiger partial charge on any atom is -0.463 e. The highest BCUT2D eigenvalue weighted by Gasteiger charge is 2.15. The van der Waals surface area contributed by atoms with Crippen molar-refractivity contribution in [1.82, 2.24) is 0 Å². The van der Waals surface area contributed by atoms with Crippen LogP contribution in [-0.2, 0) is 14.3 Å². The van der Waals surface area contributed by atoms with Gasteiger partial charge in [-0.3, -0.25) is 0 Å². The van der Waals surface area contributed by atoms with E-state index in [1.807, 2.05) is 20.8 Å². The predicted octanol–water partition coefficient (Wildman–Crippen LogP) is 2.31. The van der Waals surface area contributed by atoms with Crippen molar-refractivity contribution in [2.24, 2.45) is 0 Å². The average molecular weight is 200 g/mol. The molecule has 3 nitrogen and oxygen atoms in total. The quantitative estimate of drug-likeness (QED) is 0.516. The van der Waals surface area contributed by atoms with E-state index in [4.69, 9.17) is 9.47 Å². The lowest BCUT2D eigenvalue weighted by atomic mass is 10.2. The molecule has 14 heavy (non-hydrogen) atoms. The highest BCUT2D eigenvalue weighted by molar-refractivity contribution is 5.88. The van der Waals surface area contributed by atoms with Crippen molar-refractivity contribution >= 4 is 5.97 Å². The second-order valence-corrected chi connectivity index (χ2v) is 3.94. The topological polar surface area (TPSA) is 35.5 Å². The Hall–Kier alpha value is -0.830. The number of hydrogen-bond donors (Lipinski definition) is 0. The van der Waals surface area contributed by atoms with Gasteiger partial charge >= 0.3 is 5.97 Å². The first kappa shape index (κ1) is 13.2. The van der Waals surface area contributed by atoms with Gasteiger partial charge in [0.1, 0.15) is 0 Å². The first-order valence-electron chi connectivity index (χ1n) is 4.87. The van der Waals surface area contributed by atoms with E-state index in [1.165, 1.54) is 0 Å². The van der Waals surface area contributed by atoms with E-state index < -0.39 is 0 Å². The van der Waals surface area contributed by atoms with E-state index in [0.29, 0.717) is 18.8 Å². The monoisotopic (exact) mass is 200 g/mol. The summed E-state index contributed by atoms with van der Waals surface area (Å²) < 4.78 is 10.4. The summed E-state index contributed by atoms with van der Waals surface area (Å²) in [6, 6.07) is 0. The molecule has 0 aliphatic rings. The average Bonchev–Trinajstić information content (AvgIpc) is 2.03. The fraction of sp³-hybridized carbons (Fsp3) is 0.727. The van der Waals surface area contributed by atoms with Gasteiger partial charge in [-0.25, -0.2) is 4.79 Å². The van der Waals surface area contributed by atoms with Crippen LogP contribution in [0.1, 0.15) is 34.6 Å². The third-order valence-electron chi connectivity index (χ3n) is 1.55. The molecule has 82 valence electrons. The molecule has 0 spiro atoms. The molecule has 0 aromatic rings. The Bertz CT molecular complexity index is 211. The maximum absolute atomic E-state index is 11.3. The molecule has 0 fully saturated rings. The number of allylic oxidation sites excluding steroid dienone is 1. The molecule has 0 N–H and O–H groups in total. The van der Waals surface area contributed by atoms with Gasteiger partial charge in [-0.2, -0.15) is 0 Å². The van der Waals surface area contributed by atoms with Gasteiger partial charge in [0.05, 0.1) is 24.4 Å². The van der Waals surface area contributed by atoms with Crippen LogP contribution >= 0.6 is 0 Å². The number of ether oxygens (including phenoxy) is 2. The normalized spacial score (nSPS) is 12.8. The van der Waals surface area contributed by atoms with Crippen molar-refractivity contribution < 1.29 is 14.3 Å². The second-order valence-electron chi connectivity index (χ2n) is 3.94. The molecule has 0 aromatic heterocycles. The maximum atomic E-state index is 11.3. The van der Waals surface area contributed by atoms with Crippen molar-refractivity contribution in [3.8, 4) is 0 Å². The molecule has 0 atom stereocenters. The Kier molecular flexibility index (Phi) is 5.46. The second kappa shape index (κ2) is 5.81. The summed E-state index contributed by atoms with van der Waals surface area (Å²) in [5.74, 6) is -0.292. The number of hydrogen-bond acceptors (Lipinski definition) is 3. The maximum Gasteiger partial charge on any atom is 0.336 e. The summed E-state index contributed by atoms with van der Waals surface area (Å²) in [5, 5.41) is 0. The lowest BCUT2D eigenvalue weighted by Gasteiger charge is -2.20. The molecule has 0 heterocycles. The van der Waals surface area contributed by atoms with Crippen molar-refractivity contribution in [2.45, 2.75) is 40.2 Å². The van der Waals surface area contributed by atoms with Gasteiger partial charge in [0.15, 0.2) is 0 Å². The lowest BCUT2D eigenvalue weighted by molar-refractivity contribution is -0.139. The molecule has 0 aliphatic heterocycles. The van der Waals surface area contributed by atoms with Gasteiger partial charge < -0.3 is 9.47 Å². The van der Waals surface area contributed by atoms with Crippen molar-refractivity contribution in [2.75, 3.05) is 13.2 Å². The number of carbonyl (C=O) groups excluding carboxylic acids is 1. The first-order valence-corrected chi connectivity index (χ1v) is 4.87. The Morgan fingerprint density at radius 1 is 1.36 bits per heavy atom. The van der Waals surface area contributed by atoms with Gasteiger partial charge in [-0.1, -0.05) is 6.08 Å². The summed E-state index contributed by atoms with van der Waals surface area (Å²) >= 11 is 0. The van der Waals surface area contributed by atoms with E-state index >= 15 is 0 Å². The molecule has 0 saturated heterocycles. The minimum atomic E-state index is -0.292. The number of carbonyl (C=O) groups is 1. The molecule has 0 bridgehead atoms. The van der Waals surface area contributed by atoms with Crippen LogP contribution in [0.25, 0.3) is 0 Å². The molecule has 0 unspecified atom stereocenters. The van der Waals surface area contributed by atoms with Crippen molar-refractivity contribution in [3.05, 3.63) is 11.6 Å². The van der Waals surface area contributed by atoms with Crippen LogP contribution < -0.4 is 0 Å². The summed E-state index contributed by atoms with van der Waals surface area (Å²) in [6.45, 7) is 10.1. The first-order chi connectivity index (χ1) is 6.40. The van der Waals surface area contributed by atoms with E-state index in [-0.39, 0.29) is 11.6 Å². The van der Waals surface area contributed by atoms with Crippen LogP contribution in [0.4, 0.5) is 0 Å². The Labute approximate surface area is 86.1 Å². The highest BCUT2D eigenvalue weighted by atomic mass is 16.5. The SMILES string of the molecule is CC=C(COC(C)(C)C)C(=O)OCC. The third kappa shape index (κ3) is 5.75. The standard InChI is InChI=1S/C11H20O3/c1-6-9(10(12)13-7-2)8-14-11(3,4)5/h6H,7-8H2,1-5H3. The van der Waals surface area contributed by atoms with E-state index in [9.17, 15) is 4.79 Å². The van der Waals surface area contributed by atoms with Crippen LogP contribution in [0, 0.1) is 0 Å². The van der Waals surface area contributed by atoms with Gasteiger partial charge in [-0.05, 0) is 34.6 Å². The third-order valence-corrected chi connectivity index (χ3v) is 1.55. The zero-order chi connectivity index (χ0) is 11.2. The smallest absolute Gasteiger partial charge is 0.336 e. The summed E-state index contributed by atoms with van der Waals surface area (Å²) in [6.07, 6.45) is 1.73. The van der Waals surface area contributed by atoms with E-state index in [2.05, 4.69) is 0 Å². The van der Waals surface area contributed by atoms with Gasteiger partial charge in [0.2, 0.25) is 0 Å². The van der Waals surface area contributed by atoms with Crippen LogP contribution in [0.5, 0.6) is 0 Å². The molecule has 0 amide bonds. The molecule has 0 rings (SSSR count). The largest absolute Gasteiger partial charge is 0.463 e. The van der Waals surface area contributed by atoms with Crippen LogP contribution in [0.2, 0.25) is 0 Å². The summed E-state index contributed by atoms with van der Waals surface area (Å²) in [7, 11) is 0. The van der Waals surface area contributed by atoms with E-state index in [0.717, 1.165) is 0 Å². The highest BCUT2D eigenvalue weighted by Crippen LogP contribution is 2.10. The van der Waals surface area contributed by atoms with Gasteiger partial charge in [-0.15, -0.1) is 0 Å². The van der Waals surface area contributed by atoms with Crippen molar-refractivity contribution in [3.63, 3.8) is 0 Å². The number of esters is 1. The zero-order valence-electron chi connectivity index (χ0n) is 9.72. The fourth-order valence-electron chi connectivity index (χ4n) is 0.778. The Morgan fingerprint density at radius 2 is 1.93 bits per heavy atom. The number of rotatable bonds is 4. The molecule has 0 saturated carbocycles. The molecular formula is C11H20O3. The van der Waals surface area contributed by atoms with E-state index in [1.54, 1.807) is 19.9 Å². The van der Waals surface area contributed by atoms with Gasteiger partial charge in [0.25, 0.3) is 0 Å². The summed E-state index contributed by atoms with van der Waals surface area (Å²) in [4.78, 5) is 11.3. The van der Waals surface area contributed by atoms with Crippen LogP contribution in [0.15, 0.2) is 11.6 Å².